The van der Waals surface area contributed by atoms with E-state index in [0.29, 0.717) is 17.5 Å². The number of aromatic nitrogens is 1. The van der Waals surface area contributed by atoms with E-state index in [-0.39, 0.29) is 18.1 Å². The molecule has 0 spiro atoms. The summed E-state index contributed by atoms with van der Waals surface area (Å²) in [5, 5.41) is 15.0. The molecule has 0 bridgehead atoms. The summed E-state index contributed by atoms with van der Waals surface area (Å²) in [6.07, 6.45) is 4.69. The SMILES string of the molecule is C=C(N[C@H](COO)CSCc1ccc(OC)cc1)c1cc2ccc(Oc3ccc(C(C)(C)C)cc3)cc2c(CC2CCCC2C)n1. The molecule has 5 rings (SSSR count). The van der Waals surface area contributed by atoms with Crippen LogP contribution >= 0.6 is 11.8 Å². The van der Waals surface area contributed by atoms with Gasteiger partial charge in [-0.15, -0.1) is 0 Å². The molecule has 0 aliphatic heterocycles. The fraction of sp³-hybridized carbons (Fsp3) is 0.410. The summed E-state index contributed by atoms with van der Waals surface area (Å²) in [6, 6.07) is 24.7. The number of nitrogens with zero attached hydrogens (tertiary/aromatic N) is 1. The Morgan fingerprint density at radius 2 is 1.72 bits per heavy atom. The highest BCUT2D eigenvalue weighted by atomic mass is 32.2. The van der Waals surface area contributed by atoms with Crippen molar-refractivity contribution in [3.63, 3.8) is 0 Å². The zero-order chi connectivity index (χ0) is 32.7. The Morgan fingerprint density at radius 1 is 1.00 bits per heavy atom. The van der Waals surface area contributed by atoms with Gasteiger partial charge in [-0.3, -0.25) is 10.2 Å². The van der Waals surface area contributed by atoms with E-state index in [1.807, 2.05) is 30.3 Å². The van der Waals surface area contributed by atoms with Crippen molar-refractivity contribution in [2.75, 3.05) is 19.5 Å². The predicted octanol–water partition coefficient (Wildman–Crippen LogP) is 9.66. The van der Waals surface area contributed by atoms with Crippen LogP contribution in [0.4, 0.5) is 0 Å². The molecule has 1 heterocycles. The van der Waals surface area contributed by atoms with Gasteiger partial charge in [0.05, 0.1) is 24.5 Å². The zero-order valence-electron chi connectivity index (χ0n) is 27.8. The number of pyridine rings is 1. The van der Waals surface area contributed by atoms with Crippen LogP contribution in [0.1, 0.15) is 69.5 Å². The second-order valence-corrected chi connectivity index (χ2v) is 14.6. The number of thioether (sulfide) groups is 1. The van der Waals surface area contributed by atoms with Crippen LogP contribution in [-0.4, -0.2) is 35.8 Å². The monoisotopic (exact) mass is 640 g/mol. The molecule has 3 aromatic carbocycles. The number of benzene rings is 3. The van der Waals surface area contributed by atoms with Crippen LogP contribution in [0.3, 0.4) is 0 Å². The highest BCUT2D eigenvalue weighted by Crippen LogP contribution is 2.36. The Morgan fingerprint density at radius 3 is 2.37 bits per heavy atom. The van der Waals surface area contributed by atoms with Crippen LogP contribution in [0.15, 0.2) is 79.4 Å². The van der Waals surface area contributed by atoms with Crippen molar-refractivity contribution in [1.29, 1.82) is 0 Å². The third kappa shape index (κ3) is 8.84. The van der Waals surface area contributed by atoms with Gasteiger partial charge in [0, 0.05) is 22.6 Å². The van der Waals surface area contributed by atoms with Gasteiger partial charge in [-0.05, 0) is 89.1 Å². The highest BCUT2D eigenvalue weighted by molar-refractivity contribution is 7.98. The molecule has 4 aromatic rings. The maximum absolute atomic E-state index is 9.32. The molecule has 6 nitrogen and oxygen atoms in total. The Labute approximate surface area is 278 Å². The Kier molecular flexibility index (Phi) is 11.3. The number of methoxy groups -OCH3 is 1. The van der Waals surface area contributed by atoms with Gasteiger partial charge < -0.3 is 14.8 Å². The molecule has 7 heteroatoms. The van der Waals surface area contributed by atoms with Crippen LogP contribution < -0.4 is 14.8 Å². The lowest BCUT2D eigenvalue weighted by atomic mass is 9.87. The third-order valence-electron chi connectivity index (χ3n) is 9.04. The quantitative estimate of drug-likeness (QED) is 0.105. The van der Waals surface area contributed by atoms with E-state index >= 15 is 0 Å². The second-order valence-electron chi connectivity index (χ2n) is 13.6. The molecule has 2 unspecified atom stereocenters. The first-order valence-electron chi connectivity index (χ1n) is 16.3. The van der Waals surface area contributed by atoms with Gasteiger partial charge in [-0.2, -0.15) is 11.8 Å². The van der Waals surface area contributed by atoms with E-state index in [1.54, 1.807) is 18.9 Å². The minimum absolute atomic E-state index is 0.0945. The summed E-state index contributed by atoms with van der Waals surface area (Å²) >= 11 is 1.77. The van der Waals surface area contributed by atoms with Crippen molar-refractivity contribution in [2.24, 2.45) is 11.8 Å². The Hall–Kier alpha value is -3.52. The van der Waals surface area contributed by atoms with E-state index in [1.165, 1.54) is 30.4 Å². The maximum Gasteiger partial charge on any atom is 0.128 e. The van der Waals surface area contributed by atoms with Crippen LogP contribution in [0.25, 0.3) is 16.5 Å². The molecule has 46 heavy (non-hydrogen) atoms. The van der Waals surface area contributed by atoms with Crippen LogP contribution in [0.2, 0.25) is 0 Å². The third-order valence-corrected chi connectivity index (χ3v) is 10.2. The van der Waals surface area contributed by atoms with Crippen molar-refractivity contribution >= 4 is 28.2 Å². The molecule has 3 atom stereocenters. The van der Waals surface area contributed by atoms with Gasteiger partial charge in [0.2, 0.25) is 0 Å². The molecule has 1 aliphatic rings. The molecule has 1 aliphatic carbocycles. The summed E-state index contributed by atoms with van der Waals surface area (Å²) in [7, 11) is 1.67. The molecule has 244 valence electrons. The molecular formula is C39H48N2O4S. The molecule has 0 saturated heterocycles. The van der Waals surface area contributed by atoms with Crippen molar-refractivity contribution in [2.45, 2.75) is 70.6 Å². The number of fused-ring (bicyclic) bond motifs is 1. The van der Waals surface area contributed by atoms with Crippen molar-refractivity contribution in [1.82, 2.24) is 10.3 Å². The molecular weight excluding hydrogens is 593 g/mol. The van der Waals surface area contributed by atoms with Crippen LogP contribution in [0.5, 0.6) is 17.2 Å². The topological polar surface area (TPSA) is 72.8 Å². The second kappa shape index (κ2) is 15.4. The number of hydrogen-bond donors (Lipinski definition) is 2. The predicted molar refractivity (Wildman–Crippen MR) is 191 cm³/mol. The minimum Gasteiger partial charge on any atom is -0.497 e. The Bertz CT molecular complexity index is 1600. The molecule has 0 radical (unpaired) electrons. The zero-order valence-corrected chi connectivity index (χ0v) is 28.7. The van der Waals surface area contributed by atoms with Crippen molar-refractivity contribution in [3.05, 3.63) is 102 Å². The van der Waals surface area contributed by atoms with Crippen LogP contribution in [0, 0.1) is 11.8 Å². The van der Waals surface area contributed by atoms with Gasteiger partial charge >= 0.3 is 0 Å². The van der Waals surface area contributed by atoms with Gasteiger partial charge in [-0.1, -0.05) is 77.4 Å². The lowest BCUT2D eigenvalue weighted by Gasteiger charge is -2.21. The van der Waals surface area contributed by atoms with E-state index in [2.05, 4.69) is 86.9 Å². The number of nitrogens with one attached hydrogen (secondary N) is 1. The lowest BCUT2D eigenvalue weighted by Crippen LogP contribution is -2.34. The van der Waals surface area contributed by atoms with Gasteiger partial charge in [0.25, 0.3) is 0 Å². The van der Waals surface area contributed by atoms with E-state index in [4.69, 9.17) is 14.5 Å². The van der Waals surface area contributed by atoms with E-state index < -0.39 is 0 Å². The minimum atomic E-state index is -0.142. The number of hydrogen-bond acceptors (Lipinski definition) is 7. The molecule has 0 amide bonds. The van der Waals surface area contributed by atoms with E-state index in [0.717, 1.165) is 57.3 Å². The number of rotatable bonds is 14. The average molecular weight is 641 g/mol. The van der Waals surface area contributed by atoms with Crippen molar-refractivity contribution < 1.29 is 19.6 Å². The highest BCUT2D eigenvalue weighted by Gasteiger charge is 2.25. The van der Waals surface area contributed by atoms with Gasteiger partial charge in [0.15, 0.2) is 0 Å². The standard InChI is InChI=1S/C39H48N2O4S/c1-26-8-7-9-29(26)20-38-36-22-35(45-34-18-13-31(14-19-34)39(3,4)5)17-12-30(36)21-37(41-38)27(2)40-32(23-44-42)25-46-24-28-10-15-33(43-6)16-11-28/h10-19,21-22,26,29,32,40,42H,2,7-9,20,23-25H2,1,3-6H3/t26?,29?,32-/m1/s1. The molecule has 1 aromatic heterocycles. The van der Waals surface area contributed by atoms with Gasteiger partial charge in [-0.25, -0.2) is 4.89 Å². The summed E-state index contributed by atoms with van der Waals surface area (Å²) in [4.78, 5) is 9.79. The fourth-order valence-corrected chi connectivity index (χ4v) is 7.20. The summed E-state index contributed by atoms with van der Waals surface area (Å²) < 4.78 is 11.6. The summed E-state index contributed by atoms with van der Waals surface area (Å²) in [5.41, 5.74) is 5.18. The van der Waals surface area contributed by atoms with E-state index in [9.17, 15) is 5.26 Å². The Balaban J connectivity index is 1.34. The summed E-state index contributed by atoms with van der Waals surface area (Å²) in [5.74, 6) is 5.31. The molecule has 1 fully saturated rings. The number of ether oxygens (including phenoxy) is 2. The normalized spacial score (nSPS) is 17.2. The molecule has 1 saturated carbocycles. The molecule has 2 N–H and O–H groups in total. The largest absolute Gasteiger partial charge is 0.497 e. The fourth-order valence-electron chi connectivity index (χ4n) is 6.19. The van der Waals surface area contributed by atoms with Crippen LogP contribution in [-0.2, 0) is 22.5 Å². The van der Waals surface area contributed by atoms with Crippen molar-refractivity contribution in [3.8, 4) is 17.2 Å². The maximum atomic E-state index is 9.32. The first-order chi connectivity index (χ1) is 22.1. The first-order valence-corrected chi connectivity index (χ1v) is 17.4. The first kappa shape index (κ1) is 33.8. The summed E-state index contributed by atoms with van der Waals surface area (Å²) in [6.45, 7) is 13.5. The van der Waals surface area contributed by atoms with Gasteiger partial charge in [0.1, 0.15) is 23.9 Å². The lowest BCUT2D eigenvalue weighted by molar-refractivity contribution is -0.245. The average Bonchev–Trinajstić information content (AvgIpc) is 3.45. The smallest absolute Gasteiger partial charge is 0.128 e.